The van der Waals surface area contributed by atoms with Crippen molar-refractivity contribution >= 4 is 15.7 Å². The highest BCUT2D eigenvalue weighted by molar-refractivity contribution is 7.89. The molecule has 2 aromatic carbocycles. The minimum atomic E-state index is -3.68. The van der Waals surface area contributed by atoms with E-state index in [1.165, 1.54) is 35.9 Å². The molecule has 0 aliphatic heterocycles. The predicted octanol–water partition coefficient (Wildman–Crippen LogP) is 2.30. The van der Waals surface area contributed by atoms with Gasteiger partial charge in [0, 0.05) is 18.2 Å². The Morgan fingerprint density at radius 2 is 1.87 bits per heavy atom. The predicted molar refractivity (Wildman–Crippen MR) is 110 cm³/mol. The van der Waals surface area contributed by atoms with Crippen molar-refractivity contribution in [1.29, 1.82) is 0 Å². The summed E-state index contributed by atoms with van der Waals surface area (Å²) in [4.78, 5) is 0.122. The summed E-state index contributed by atoms with van der Waals surface area (Å²) in [5.41, 5.74) is 0.983. The smallest absolute Gasteiger partial charge is 0.240 e. The lowest BCUT2D eigenvalue weighted by atomic mass is 10.2. The molecule has 0 amide bonds. The zero-order chi connectivity index (χ0) is 21.8. The Bertz CT molecular complexity index is 1310. The lowest BCUT2D eigenvalue weighted by Crippen LogP contribution is -2.28. The second kappa shape index (κ2) is 8.66. The number of methoxy groups -OCH3 is 1. The van der Waals surface area contributed by atoms with Crippen molar-refractivity contribution in [3.05, 3.63) is 66.5 Å². The van der Waals surface area contributed by atoms with Crippen LogP contribution in [-0.4, -0.2) is 48.5 Å². The second-order valence-corrected chi connectivity index (χ2v) is 8.16. The lowest BCUT2D eigenvalue weighted by molar-refractivity contribution is 0.306. The molecule has 4 rings (SSSR count). The fourth-order valence-corrected chi connectivity index (χ4v) is 3.84. The van der Waals surface area contributed by atoms with Crippen molar-refractivity contribution < 1.29 is 22.3 Å². The summed E-state index contributed by atoms with van der Waals surface area (Å²) in [6.45, 7) is 0.0817. The van der Waals surface area contributed by atoms with Gasteiger partial charge in [0.1, 0.15) is 18.2 Å². The van der Waals surface area contributed by atoms with Gasteiger partial charge in [-0.2, -0.15) is 4.52 Å². The SMILES string of the molecule is COc1ccc(S(=O)(=O)NCCOc2ccc3nnc(-c4cccc(F)c4)n3n2)cc1. The van der Waals surface area contributed by atoms with Gasteiger partial charge in [-0.05, 0) is 42.5 Å². The van der Waals surface area contributed by atoms with Crippen LogP contribution in [0.1, 0.15) is 0 Å². The van der Waals surface area contributed by atoms with Crippen LogP contribution in [0.5, 0.6) is 11.6 Å². The normalized spacial score (nSPS) is 11.5. The van der Waals surface area contributed by atoms with E-state index in [0.29, 0.717) is 22.8 Å². The van der Waals surface area contributed by atoms with Gasteiger partial charge in [-0.15, -0.1) is 15.3 Å². The highest BCUT2D eigenvalue weighted by atomic mass is 32.2. The minimum Gasteiger partial charge on any atom is -0.497 e. The number of fused-ring (bicyclic) bond motifs is 1. The molecule has 0 saturated carbocycles. The first-order valence-corrected chi connectivity index (χ1v) is 10.7. The number of halogens is 1. The first kappa shape index (κ1) is 20.7. The molecule has 0 atom stereocenters. The Morgan fingerprint density at radius 3 is 2.61 bits per heavy atom. The number of rotatable bonds is 8. The van der Waals surface area contributed by atoms with Gasteiger partial charge in [-0.3, -0.25) is 0 Å². The maximum absolute atomic E-state index is 13.5. The van der Waals surface area contributed by atoms with Crippen molar-refractivity contribution in [2.45, 2.75) is 4.90 Å². The second-order valence-electron chi connectivity index (χ2n) is 6.40. The average Bonchev–Trinajstić information content (AvgIpc) is 3.20. The van der Waals surface area contributed by atoms with Crippen LogP contribution in [-0.2, 0) is 10.0 Å². The zero-order valence-corrected chi connectivity index (χ0v) is 17.2. The van der Waals surface area contributed by atoms with Crippen molar-refractivity contribution in [3.63, 3.8) is 0 Å². The van der Waals surface area contributed by atoms with Crippen molar-refractivity contribution in [2.24, 2.45) is 0 Å². The van der Waals surface area contributed by atoms with Crippen LogP contribution in [0.15, 0.2) is 65.6 Å². The molecular weight excluding hydrogens is 425 g/mol. The molecule has 0 aliphatic carbocycles. The van der Waals surface area contributed by atoms with E-state index in [1.807, 2.05) is 0 Å². The Hall–Kier alpha value is -3.57. The highest BCUT2D eigenvalue weighted by Gasteiger charge is 2.14. The number of sulfonamides is 1. The van der Waals surface area contributed by atoms with E-state index in [2.05, 4.69) is 20.0 Å². The van der Waals surface area contributed by atoms with E-state index >= 15 is 0 Å². The van der Waals surface area contributed by atoms with Gasteiger partial charge in [0.05, 0.1) is 12.0 Å². The highest BCUT2D eigenvalue weighted by Crippen LogP contribution is 2.20. The largest absolute Gasteiger partial charge is 0.497 e. The van der Waals surface area contributed by atoms with Crippen LogP contribution in [0.2, 0.25) is 0 Å². The molecule has 0 saturated heterocycles. The van der Waals surface area contributed by atoms with Gasteiger partial charge < -0.3 is 9.47 Å². The molecule has 0 aliphatic rings. The van der Waals surface area contributed by atoms with Gasteiger partial charge in [-0.1, -0.05) is 12.1 Å². The van der Waals surface area contributed by atoms with Crippen LogP contribution < -0.4 is 14.2 Å². The summed E-state index contributed by atoms with van der Waals surface area (Å²) in [5.74, 6) is 0.773. The average molecular weight is 443 g/mol. The molecule has 0 radical (unpaired) electrons. The van der Waals surface area contributed by atoms with Crippen molar-refractivity contribution in [2.75, 3.05) is 20.3 Å². The molecule has 160 valence electrons. The summed E-state index contributed by atoms with van der Waals surface area (Å²) in [5, 5.41) is 12.4. The van der Waals surface area contributed by atoms with Crippen molar-refractivity contribution in [3.8, 4) is 23.0 Å². The summed E-state index contributed by atoms with van der Waals surface area (Å²) in [6.07, 6.45) is 0. The first-order chi connectivity index (χ1) is 15.0. The Labute approximate surface area is 177 Å². The molecule has 0 bridgehead atoms. The minimum absolute atomic E-state index is 0.0347. The molecule has 0 fully saturated rings. The number of hydrogen-bond acceptors (Lipinski definition) is 7. The zero-order valence-electron chi connectivity index (χ0n) is 16.4. The maximum Gasteiger partial charge on any atom is 0.240 e. The molecule has 11 heteroatoms. The number of nitrogens with zero attached hydrogens (tertiary/aromatic N) is 4. The van der Waals surface area contributed by atoms with Gasteiger partial charge in [0.15, 0.2) is 11.5 Å². The van der Waals surface area contributed by atoms with Crippen LogP contribution in [0.4, 0.5) is 4.39 Å². The number of ether oxygens (including phenoxy) is 2. The summed E-state index contributed by atoms with van der Waals surface area (Å²) in [6, 6.07) is 15.2. The molecule has 4 aromatic rings. The third-order valence-corrected chi connectivity index (χ3v) is 5.81. The van der Waals surface area contributed by atoms with E-state index in [9.17, 15) is 12.8 Å². The third-order valence-electron chi connectivity index (χ3n) is 4.33. The molecule has 1 N–H and O–H groups in total. The van der Waals surface area contributed by atoms with Crippen LogP contribution in [0.25, 0.3) is 17.0 Å². The van der Waals surface area contributed by atoms with Gasteiger partial charge in [-0.25, -0.2) is 17.5 Å². The van der Waals surface area contributed by atoms with Crippen LogP contribution >= 0.6 is 0 Å². The monoisotopic (exact) mass is 443 g/mol. The summed E-state index contributed by atoms with van der Waals surface area (Å²) < 4.78 is 52.7. The number of benzene rings is 2. The fourth-order valence-electron chi connectivity index (χ4n) is 2.83. The molecular formula is C20H18FN5O4S. The molecule has 0 spiro atoms. The molecule has 0 unspecified atom stereocenters. The van der Waals surface area contributed by atoms with Crippen LogP contribution in [0, 0.1) is 5.82 Å². The van der Waals surface area contributed by atoms with E-state index in [0.717, 1.165) is 0 Å². The Morgan fingerprint density at radius 1 is 1.06 bits per heavy atom. The Kier molecular flexibility index (Phi) is 5.78. The third kappa shape index (κ3) is 4.62. The standard InChI is InChI=1S/C20H18FN5O4S/c1-29-16-5-7-17(8-6-16)31(27,28)22-11-12-30-19-10-9-18-23-24-20(26(18)25-19)14-3-2-4-15(21)13-14/h2-10,13,22H,11-12H2,1H3. The van der Waals surface area contributed by atoms with Crippen LogP contribution in [0.3, 0.4) is 0 Å². The topological polar surface area (TPSA) is 108 Å². The summed E-state index contributed by atoms with van der Waals surface area (Å²) in [7, 11) is -2.17. The molecule has 31 heavy (non-hydrogen) atoms. The molecule has 2 heterocycles. The van der Waals surface area contributed by atoms with E-state index in [1.54, 1.807) is 36.4 Å². The van der Waals surface area contributed by atoms with E-state index in [-0.39, 0.29) is 23.9 Å². The molecule has 9 nitrogen and oxygen atoms in total. The van der Waals surface area contributed by atoms with Gasteiger partial charge in [0.25, 0.3) is 0 Å². The van der Waals surface area contributed by atoms with Gasteiger partial charge >= 0.3 is 0 Å². The quantitative estimate of drug-likeness (QED) is 0.416. The number of nitrogens with one attached hydrogen (secondary N) is 1. The number of aromatic nitrogens is 4. The number of hydrogen-bond donors (Lipinski definition) is 1. The van der Waals surface area contributed by atoms with Crippen molar-refractivity contribution in [1.82, 2.24) is 24.5 Å². The van der Waals surface area contributed by atoms with E-state index in [4.69, 9.17) is 9.47 Å². The van der Waals surface area contributed by atoms with Gasteiger partial charge in [0.2, 0.25) is 15.9 Å². The fraction of sp³-hybridized carbons (Fsp3) is 0.150. The van der Waals surface area contributed by atoms with E-state index < -0.39 is 15.8 Å². The Balaban J connectivity index is 1.41. The molecule has 2 aromatic heterocycles. The first-order valence-electron chi connectivity index (χ1n) is 9.21. The maximum atomic E-state index is 13.5. The lowest BCUT2D eigenvalue weighted by Gasteiger charge is -2.09. The summed E-state index contributed by atoms with van der Waals surface area (Å²) >= 11 is 0.